The average molecular weight is 487 g/mol. The molecule has 5 rings (SSSR count). The standard InChI is InChI=1S/C25H21N5O6/c1-2-35-25(34)23-28-27-19-13-29(10-11-30(19)23)24(33)15-8-6-14(7-9-15)12-18-20(31)16-4-3-5-17(22(26)32)21(16)36-18/h3-9,12H,2,10-11,13H2,1H3,(H2,26,32)/b18-12-. The Labute approximate surface area is 205 Å². The van der Waals surface area contributed by atoms with E-state index in [0.29, 0.717) is 30.0 Å². The number of benzene rings is 2. The van der Waals surface area contributed by atoms with Crippen molar-refractivity contribution >= 4 is 29.6 Å². The number of rotatable bonds is 5. The highest BCUT2D eigenvalue weighted by molar-refractivity contribution is 6.16. The predicted octanol–water partition coefficient (Wildman–Crippen LogP) is 1.83. The lowest BCUT2D eigenvalue weighted by molar-refractivity contribution is 0.0501. The molecule has 0 unspecified atom stereocenters. The fourth-order valence-electron chi connectivity index (χ4n) is 4.14. The van der Waals surface area contributed by atoms with Crippen molar-refractivity contribution in [2.45, 2.75) is 20.0 Å². The fourth-order valence-corrected chi connectivity index (χ4v) is 4.14. The Bertz CT molecular complexity index is 1440. The second-order valence-electron chi connectivity index (χ2n) is 8.15. The molecule has 2 aliphatic heterocycles. The number of hydrogen-bond donors (Lipinski definition) is 1. The number of allylic oxidation sites excluding steroid dienone is 1. The molecular formula is C25H21N5O6. The number of Topliss-reactive ketones (excluding diaryl/α,β-unsaturated/α-hetero) is 1. The number of nitrogens with zero attached hydrogens (tertiary/aromatic N) is 4. The SMILES string of the molecule is CCOC(=O)c1nnc2n1CCN(C(=O)c1ccc(/C=C3\Oc4c(C(N)=O)cccc4C3=O)cc1)C2. The van der Waals surface area contributed by atoms with E-state index >= 15 is 0 Å². The summed E-state index contributed by atoms with van der Waals surface area (Å²) >= 11 is 0. The highest BCUT2D eigenvalue weighted by atomic mass is 16.5. The number of ketones is 1. The van der Waals surface area contributed by atoms with E-state index in [-0.39, 0.29) is 53.3 Å². The summed E-state index contributed by atoms with van der Waals surface area (Å²) < 4.78 is 12.3. The van der Waals surface area contributed by atoms with Crippen LogP contribution in [0.4, 0.5) is 0 Å². The van der Waals surface area contributed by atoms with Gasteiger partial charge >= 0.3 is 5.97 Å². The third-order valence-corrected chi connectivity index (χ3v) is 5.91. The minimum Gasteiger partial charge on any atom is -0.460 e. The summed E-state index contributed by atoms with van der Waals surface area (Å²) in [6.45, 7) is 2.91. The Hall–Kier alpha value is -4.80. The van der Waals surface area contributed by atoms with E-state index < -0.39 is 11.9 Å². The van der Waals surface area contributed by atoms with Gasteiger partial charge in [0, 0.05) is 18.7 Å². The van der Waals surface area contributed by atoms with E-state index in [4.69, 9.17) is 15.2 Å². The molecule has 2 aromatic carbocycles. The second-order valence-corrected chi connectivity index (χ2v) is 8.15. The van der Waals surface area contributed by atoms with Crippen LogP contribution in [-0.4, -0.2) is 56.4 Å². The Kier molecular flexibility index (Phi) is 5.80. The van der Waals surface area contributed by atoms with Gasteiger partial charge in [-0.3, -0.25) is 14.4 Å². The van der Waals surface area contributed by atoms with Crippen LogP contribution in [0.1, 0.15) is 60.0 Å². The number of fused-ring (bicyclic) bond motifs is 2. The monoisotopic (exact) mass is 487 g/mol. The zero-order chi connectivity index (χ0) is 25.4. The van der Waals surface area contributed by atoms with Gasteiger partial charge in [-0.1, -0.05) is 18.2 Å². The van der Waals surface area contributed by atoms with Crippen LogP contribution in [0.25, 0.3) is 6.08 Å². The molecule has 0 fully saturated rings. The van der Waals surface area contributed by atoms with Crippen molar-refractivity contribution in [3.05, 3.63) is 82.1 Å². The molecule has 0 radical (unpaired) electrons. The van der Waals surface area contributed by atoms with Crippen LogP contribution in [0.15, 0.2) is 48.2 Å². The topological polar surface area (TPSA) is 147 Å². The largest absolute Gasteiger partial charge is 0.460 e. The number of amides is 2. The third-order valence-electron chi connectivity index (χ3n) is 5.91. The molecule has 2 amide bonds. The van der Waals surface area contributed by atoms with Crippen molar-refractivity contribution in [3.8, 4) is 5.75 Å². The van der Waals surface area contributed by atoms with Gasteiger partial charge in [0.25, 0.3) is 11.8 Å². The zero-order valence-electron chi connectivity index (χ0n) is 19.3. The average Bonchev–Trinajstić information content (AvgIpc) is 3.44. The van der Waals surface area contributed by atoms with Gasteiger partial charge in [0.1, 0.15) is 0 Å². The number of hydrogen-bond acceptors (Lipinski definition) is 8. The van der Waals surface area contributed by atoms with Crippen LogP contribution in [0, 0.1) is 0 Å². The van der Waals surface area contributed by atoms with Gasteiger partial charge in [0.05, 0.1) is 24.3 Å². The number of para-hydroxylation sites is 1. The maximum Gasteiger partial charge on any atom is 0.376 e. The van der Waals surface area contributed by atoms with E-state index in [0.717, 1.165) is 0 Å². The lowest BCUT2D eigenvalue weighted by atomic mass is 10.0. The smallest absolute Gasteiger partial charge is 0.376 e. The molecule has 3 aromatic rings. The Morgan fingerprint density at radius 1 is 1.11 bits per heavy atom. The lowest BCUT2D eigenvalue weighted by Crippen LogP contribution is -2.39. The number of carbonyl (C=O) groups excluding carboxylic acids is 4. The van der Waals surface area contributed by atoms with Crippen LogP contribution in [0.3, 0.4) is 0 Å². The van der Waals surface area contributed by atoms with E-state index in [2.05, 4.69) is 10.2 Å². The second kappa shape index (κ2) is 9.10. The maximum absolute atomic E-state index is 13.0. The van der Waals surface area contributed by atoms with Gasteiger partial charge < -0.3 is 24.7 Å². The number of primary amides is 1. The maximum atomic E-state index is 13.0. The van der Waals surface area contributed by atoms with Crippen LogP contribution < -0.4 is 10.5 Å². The molecule has 0 aliphatic carbocycles. The molecule has 0 bridgehead atoms. The quantitative estimate of drug-likeness (QED) is 0.424. The van der Waals surface area contributed by atoms with Gasteiger partial charge in [0.2, 0.25) is 11.6 Å². The van der Waals surface area contributed by atoms with Crippen molar-refractivity contribution in [2.24, 2.45) is 5.73 Å². The molecule has 1 aromatic heterocycles. The summed E-state index contributed by atoms with van der Waals surface area (Å²) in [6, 6.07) is 11.3. The van der Waals surface area contributed by atoms with E-state index in [1.807, 2.05) is 0 Å². The zero-order valence-corrected chi connectivity index (χ0v) is 19.3. The molecule has 182 valence electrons. The van der Waals surface area contributed by atoms with Crippen molar-refractivity contribution in [3.63, 3.8) is 0 Å². The van der Waals surface area contributed by atoms with Gasteiger partial charge in [-0.25, -0.2) is 4.79 Å². The highest BCUT2D eigenvalue weighted by Gasteiger charge is 2.31. The minimum atomic E-state index is -0.683. The van der Waals surface area contributed by atoms with Crippen molar-refractivity contribution in [1.82, 2.24) is 19.7 Å². The number of carbonyl (C=O) groups is 4. The number of esters is 1. The lowest BCUT2D eigenvalue weighted by Gasteiger charge is -2.27. The predicted molar refractivity (Wildman–Crippen MR) is 125 cm³/mol. The molecule has 0 atom stereocenters. The molecule has 36 heavy (non-hydrogen) atoms. The van der Waals surface area contributed by atoms with Crippen molar-refractivity contribution < 1.29 is 28.7 Å². The number of aromatic nitrogens is 3. The summed E-state index contributed by atoms with van der Waals surface area (Å²) in [5.74, 6) is -0.935. The molecule has 11 heteroatoms. The first kappa shape index (κ1) is 23.0. The number of nitrogens with two attached hydrogens (primary N) is 1. The van der Waals surface area contributed by atoms with Crippen molar-refractivity contribution in [1.29, 1.82) is 0 Å². The first-order valence-corrected chi connectivity index (χ1v) is 11.2. The van der Waals surface area contributed by atoms with Crippen LogP contribution in [0.2, 0.25) is 0 Å². The molecule has 0 saturated carbocycles. The molecule has 3 heterocycles. The molecule has 11 nitrogen and oxygen atoms in total. The summed E-state index contributed by atoms with van der Waals surface area (Å²) in [5.41, 5.74) is 6.87. The first-order chi connectivity index (χ1) is 17.4. The van der Waals surface area contributed by atoms with Crippen LogP contribution in [0.5, 0.6) is 5.75 Å². The van der Waals surface area contributed by atoms with E-state index in [1.165, 1.54) is 6.07 Å². The Morgan fingerprint density at radius 3 is 2.61 bits per heavy atom. The molecule has 0 spiro atoms. The minimum absolute atomic E-state index is 0.0607. The summed E-state index contributed by atoms with van der Waals surface area (Å²) in [4.78, 5) is 51.0. The van der Waals surface area contributed by atoms with Crippen molar-refractivity contribution in [2.75, 3.05) is 13.2 Å². The summed E-state index contributed by atoms with van der Waals surface area (Å²) in [5, 5.41) is 7.94. The molecular weight excluding hydrogens is 466 g/mol. The molecule has 0 saturated heterocycles. The van der Waals surface area contributed by atoms with Gasteiger partial charge in [-0.2, -0.15) is 0 Å². The highest BCUT2D eigenvalue weighted by Crippen LogP contribution is 2.35. The van der Waals surface area contributed by atoms with Crippen LogP contribution in [-0.2, 0) is 17.8 Å². The first-order valence-electron chi connectivity index (χ1n) is 11.2. The van der Waals surface area contributed by atoms with E-state index in [1.54, 1.807) is 58.9 Å². The normalized spacial score (nSPS) is 15.3. The van der Waals surface area contributed by atoms with E-state index in [9.17, 15) is 19.2 Å². The third kappa shape index (κ3) is 4.00. The summed E-state index contributed by atoms with van der Waals surface area (Å²) in [7, 11) is 0. The molecule has 2 N–H and O–H groups in total. The fraction of sp³-hybridized carbons (Fsp3) is 0.200. The van der Waals surface area contributed by atoms with Gasteiger partial charge in [0.15, 0.2) is 17.3 Å². The van der Waals surface area contributed by atoms with Crippen LogP contribution >= 0.6 is 0 Å². The van der Waals surface area contributed by atoms with Gasteiger partial charge in [-0.15, -0.1) is 10.2 Å². The Balaban J connectivity index is 1.30. The summed E-state index contributed by atoms with van der Waals surface area (Å²) in [6.07, 6.45) is 1.54. The molecule has 2 aliphatic rings. The Morgan fingerprint density at radius 2 is 1.89 bits per heavy atom. The van der Waals surface area contributed by atoms with Gasteiger partial charge in [-0.05, 0) is 42.8 Å². The number of ether oxygens (including phenoxy) is 2.